The van der Waals surface area contributed by atoms with Crippen LogP contribution in [0, 0.1) is 0 Å². The number of rotatable bonds is 3. The molecule has 1 aromatic carbocycles. The number of hydrogen-bond acceptors (Lipinski definition) is 3. The summed E-state index contributed by atoms with van der Waals surface area (Å²) in [7, 11) is 0. The average molecular weight is 267 g/mol. The van der Waals surface area contributed by atoms with Crippen LogP contribution < -0.4 is 5.32 Å². The Kier molecular flexibility index (Phi) is 3.37. The summed E-state index contributed by atoms with van der Waals surface area (Å²) in [6.07, 6.45) is 1.68. The van der Waals surface area contributed by atoms with Crippen LogP contribution in [0.2, 0.25) is 0 Å². The number of nitrogens with one attached hydrogen (secondary N) is 1. The van der Waals surface area contributed by atoms with Gasteiger partial charge in [0.2, 0.25) is 0 Å². The van der Waals surface area contributed by atoms with Crippen LogP contribution in [0.5, 0.6) is 0 Å². The maximum Gasteiger partial charge on any atom is 0.273 e. The van der Waals surface area contributed by atoms with Gasteiger partial charge in [0.1, 0.15) is 5.69 Å². The third-order valence-electron chi connectivity index (χ3n) is 3.49. The molecule has 102 valence electrons. The summed E-state index contributed by atoms with van der Waals surface area (Å²) in [5.74, 6) is -0.0130. The van der Waals surface area contributed by atoms with Gasteiger partial charge in [-0.15, -0.1) is 0 Å². The molecule has 20 heavy (non-hydrogen) atoms. The molecule has 1 aromatic heterocycles. The molecule has 0 bridgehead atoms. The minimum atomic E-state index is -0.0130. The van der Waals surface area contributed by atoms with Crippen LogP contribution in [-0.4, -0.2) is 22.3 Å². The van der Waals surface area contributed by atoms with E-state index >= 15 is 0 Å². The monoisotopic (exact) mass is 267 g/mol. The van der Waals surface area contributed by atoms with Crippen molar-refractivity contribution in [2.75, 3.05) is 11.9 Å². The van der Waals surface area contributed by atoms with Crippen LogP contribution in [0.3, 0.4) is 0 Å². The van der Waals surface area contributed by atoms with Gasteiger partial charge in [-0.25, -0.2) is 0 Å². The summed E-state index contributed by atoms with van der Waals surface area (Å²) in [5.41, 5.74) is 3.88. The Morgan fingerprint density at radius 3 is 2.60 bits per heavy atom. The second kappa shape index (κ2) is 5.33. The van der Waals surface area contributed by atoms with Crippen LogP contribution >= 0.6 is 0 Å². The molecule has 0 saturated carbocycles. The van der Waals surface area contributed by atoms with Gasteiger partial charge < -0.3 is 10.2 Å². The summed E-state index contributed by atoms with van der Waals surface area (Å²) in [5, 5.41) is 3.20. The van der Waals surface area contributed by atoms with Crippen molar-refractivity contribution in [3.05, 3.63) is 59.4 Å². The molecule has 2 aromatic rings. The Bertz CT molecular complexity index is 614. The number of carbonyl (C=O) groups excluding carboxylic acids is 1. The fourth-order valence-corrected chi connectivity index (χ4v) is 2.50. The van der Waals surface area contributed by atoms with Crippen LogP contribution in [0.4, 0.5) is 5.69 Å². The number of nitrogens with zero attached hydrogens (tertiary/aromatic N) is 2. The lowest BCUT2D eigenvalue weighted by Gasteiger charge is -2.15. The predicted octanol–water partition coefficient (Wildman–Crippen LogP) is 2.67. The summed E-state index contributed by atoms with van der Waals surface area (Å²) in [6, 6.07) is 11.9. The summed E-state index contributed by atoms with van der Waals surface area (Å²) in [4.78, 5) is 18.5. The third kappa shape index (κ3) is 2.37. The fraction of sp³-hybridized carbons (Fsp3) is 0.250. The average Bonchev–Trinajstić information content (AvgIpc) is 2.91. The number of aromatic nitrogens is 1. The molecule has 1 N–H and O–H groups in total. The summed E-state index contributed by atoms with van der Waals surface area (Å²) < 4.78 is 0. The van der Waals surface area contributed by atoms with Crippen molar-refractivity contribution in [1.82, 2.24) is 9.88 Å². The lowest BCUT2D eigenvalue weighted by Crippen LogP contribution is -2.26. The van der Waals surface area contributed by atoms with E-state index in [2.05, 4.69) is 22.4 Å². The summed E-state index contributed by atoms with van der Waals surface area (Å²) >= 11 is 0. The standard InChI is InChI=1S/C16H17N3O/c1-2-17-14-7-8-18-15(9-14)16(20)19-10-12-5-3-4-6-13(12)11-19/h3-9H,2,10-11H2,1H3,(H,17,18). The van der Waals surface area contributed by atoms with Gasteiger partial charge in [0, 0.05) is 31.5 Å². The van der Waals surface area contributed by atoms with Crippen molar-refractivity contribution >= 4 is 11.6 Å². The van der Waals surface area contributed by atoms with E-state index < -0.39 is 0 Å². The maximum atomic E-state index is 12.5. The second-order valence-corrected chi connectivity index (χ2v) is 4.89. The lowest BCUT2D eigenvalue weighted by molar-refractivity contribution is 0.0745. The number of benzene rings is 1. The topological polar surface area (TPSA) is 45.2 Å². The maximum absolute atomic E-state index is 12.5. The molecule has 1 aliphatic heterocycles. The molecular formula is C16H17N3O. The first-order valence-electron chi connectivity index (χ1n) is 6.84. The first kappa shape index (κ1) is 12.7. The van der Waals surface area contributed by atoms with Crippen LogP contribution in [0.15, 0.2) is 42.6 Å². The smallest absolute Gasteiger partial charge is 0.273 e. The fourth-order valence-electron chi connectivity index (χ4n) is 2.50. The Labute approximate surface area is 118 Å². The first-order chi connectivity index (χ1) is 9.78. The van der Waals surface area contributed by atoms with Crippen molar-refractivity contribution < 1.29 is 4.79 Å². The number of fused-ring (bicyclic) bond motifs is 1. The van der Waals surface area contributed by atoms with E-state index in [1.807, 2.05) is 36.1 Å². The van der Waals surface area contributed by atoms with E-state index in [1.54, 1.807) is 6.20 Å². The molecule has 4 nitrogen and oxygen atoms in total. The number of carbonyl (C=O) groups is 1. The van der Waals surface area contributed by atoms with Gasteiger partial charge in [-0.05, 0) is 30.2 Å². The van der Waals surface area contributed by atoms with E-state index in [0.29, 0.717) is 18.8 Å². The number of amides is 1. The Balaban J connectivity index is 1.79. The zero-order valence-corrected chi connectivity index (χ0v) is 11.5. The molecule has 0 spiro atoms. The number of hydrogen-bond donors (Lipinski definition) is 1. The lowest BCUT2D eigenvalue weighted by atomic mass is 10.1. The van der Waals surface area contributed by atoms with E-state index in [1.165, 1.54) is 11.1 Å². The third-order valence-corrected chi connectivity index (χ3v) is 3.49. The first-order valence-corrected chi connectivity index (χ1v) is 6.84. The zero-order chi connectivity index (χ0) is 13.9. The number of pyridine rings is 1. The molecule has 0 radical (unpaired) electrons. The van der Waals surface area contributed by atoms with Crippen LogP contribution in [-0.2, 0) is 13.1 Å². The minimum absolute atomic E-state index is 0.0130. The van der Waals surface area contributed by atoms with Gasteiger partial charge >= 0.3 is 0 Å². The molecule has 1 aliphatic rings. The van der Waals surface area contributed by atoms with Crippen molar-refractivity contribution in [2.45, 2.75) is 20.0 Å². The van der Waals surface area contributed by atoms with Gasteiger partial charge in [-0.1, -0.05) is 24.3 Å². The SMILES string of the molecule is CCNc1ccnc(C(=O)N2Cc3ccccc3C2)c1. The molecule has 0 unspecified atom stereocenters. The molecule has 0 fully saturated rings. The molecule has 4 heteroatoms. The molecular weight excluding hydrogens is 250 g/mol. The molecule has 2 heterocycles. The Morgan fingerprint density at radius 1 is 1.25 bits per heavy atom. The molecule has 1 amide bonds. The highest BCUT2D eigenvalue weighted by Crippen LogP contribution is 2.23. The van der Waals surface area contributed by atoms with E-state index in [4.69, 9.17) is 0 Å². The van der Waals surface area contributed by atoms with E-state index in [9.17, 15) is 4.79 Å². The highest BCUT2D eigenvalue weighted by atomic mass is 16.2. The largest absolute Gasteiger partial charge is 0.385 e. The van der Waals surface area contributed by atoms with Gasteiger partial charge in [0.05, 0.1) is 0 Å². The van der Waals surface area contributed by atoms with Crippen molar-refractivity contribution in [3.8, 4) is 0 Å². The van der Waals surface area contributed by atoms with Gasteiger partial charge in [0.25, 0.3) is 5.91 Å². The van der Waals surface area contributed by atoms with Crippen LogP contribution in [0.25, 0.3) is 0 Å². The molecule has 0 aliphatic carbocycles. The predicted molar refractivity (Wildman–Crippen MR) is 78.4 cm³/mol. The van der Waals surface area contributed by atoms with Crippen molar-refractivity contribution in [1.29, 1.82) is 0 Å². The van der Waals surface area contributed by atoms with Gasteiger partial charge in [-0.2, -0.15) is 0 Å². The minimum Gasteiger partial charge on any atom is -0.385 e. The molecule has 3 rings (SSSR count). The van der Waals surface area contributed by atoms with Crippen molar-refractivity contribution in [3.63, 3.8) is 0 Å². The number of anilines is 1. The van der Waals surface area contributed by atoms with Crippen molar-refractivity contribution in [2.24, 2.45) is 0 Å². The van der Waals surface area contributed by atoms with E-state index in [-0.39, 0.29) is 5.91 Å². The normalized spacial score (nSPS) is 13.2. The second-order valence-electron chi connectivity index (χ2n) is 4.89. The van der Waals surface area contributed by atoms with Gasteiger partial charge in [0.15, 0.2) is 0 Å². The molecule has 0 atom stereocenters. The summed E-state index contributed by atoms with van der Waals surface area (Å²) in [6.45, 7) is 4.19. The highest BCUT2D eigenvalue weighted by Gasteiger charge is 2.24. The van der Waals surface area contributed by atoms with Crippen LogP contribution in [0.1, 0.15) is 28.5 Å². The quantitative estimate of drug-likeness (QED) is 0.930. The Morgan fingerprint density at radius 2 is 1.95 bits per heavy atom. The Hall–Kier alpha value is -2.36. The molecule has 0 saturated heterocycles. The van der Waals surface area contributed by atoms with Gasteiger partial charge in [-0.3, -0.25) is 9.78 Å². The zero-order valence-electron chi connectivity index (χ0n) is 11.5. The van der Waals surface area contributed by atoms with E-state index in [0.717, 1.165) is 12.2 Å². The highest BCUT2D eigenvalue weighted by molar-refractivity contribution is 5.93.